The number of benzene rings is 1. The number of ether oxygens (including phenoxy) is 2. The fraction of sp³-hybridized carbons (Fsp3) is 0.533. The summed E-state index contributed by atoms with van der Waals surface area (Å²) < 4.78 is 11.4. The summed E-state index contributed by atoms with van der Waals surface area (Å²) in [6, 6.07) is 5.79. The molecule has 1 aliphatic heterocycles. The maximum Gasteiger partial charge on any atom is 0.163 e. The predicted octanol–water partition coefficient (Wildman–Crippen LogP) is 2.76. The lowest BCUT2D eigenvalue weighted by molar-refractivity contribution is -0.0110. The minimum atomic E-state index is 0.230. The van der Waals surface area contributed by atoms with E-state index in [0.717, 1.165) is 42.7 Å². The van der Waals surface area contributed by atoms with Crippen molar-refractivity contribution in [1.82, 2.24) is 0 Å². The predicted molar refractivity (Wildman–Crippen MR) is 68.2 cm³/mol. The lowest BCUT2D eigenvalue weighted by atomic mass is 10.1. The summed E-state index contributed by atoms with van der Waals surface area (Å²) >= 11 is 0. The zero-order valence-corrected chi connectivity index (χ0v) is 10.5. The van der Waals surface area contributed by atoms with Crippen LogP contribution in [0.15, 0.2) is 18.2 Å². The quantitative estimate of drug-likeness (QED) is 0.822. The van der Waals surface area contributed by atoms with E-state index in [1.165, 1.54) is 6.42 Å². The monoisotopic (exact) mass is 246 g/mol. The van der Waals surface area contributed by atoms with E-state index in [2.05, 4.69) is 0 Å². The third-order valence-corrected chi connectivity index (χ3v) is 3.71. The fourth-order valence-electron chi connectivity index (χ4n) is 2.65. The second kappa shape index (κ2) is 5.11. The molecule has 1 aliphatic carbocycles. The van der Waals surface area contributed by atoms with Crippen LogP contribution in [0.5, 0.6) is 5.75 Å². The SMILES string of the molecule is O=C1CCc2cc(OCC3CCCCO3)ccc21. The second-order valence-corrected chi connectivity index (χ2v) is 5.04. The molecule has 3 heteroatoms. The summed E-state index contributed by atoms with van der Waals surface area (Å²) in [5, 5.41) is 0. The Hall–Kier alpha value is -1.35. The Morgan fingerprint density at radius 2 is 2.22 bits per heavy atom. The molecule has 1 aromatic rings. The normalized spacial score (nSPS) is 22.9. The number of fused-ring (bicyclic) bond motifs is 1. The number of carbonyl (C=O) groups is 1. The van der Waals surface area contributed by atoms with Gasteiger partial charge in [-0.3, -0.25) is 4.79 Å². The molecule has 0 aromatic heterocycles. The average molecular weight is 246 g/mol. The number of hydrogen-bond acceptors (Lipinski definition) is 3. The maximum absolute atomic E-state index is 11.5. The van der Waals surface area contributed by atoms with Gasteiger partial charge < -0.3 is 9.47 Å². The lowest BCUT2D eigenvalue weighted by Gasteiger charge is -2.22. The first-order valence-corrected chi connectivity index (χ1v) is 6.73. The van der Waals surface area contributed by atoms with Crippen molar-refractivity contribution in [2.75, 3.05) is 13.2 Å². The molecule has 0 bridgehead atoms. The smallest absolute Gasteiger partial charge is 0.163 e. The van der Waals surface area contributed by atoms with Crippen molar-refractivity contribution >= 4 is 5.78 Å². The van der Waals surface area contributed by atoms with Crippen molar-refractivity contribution in [2.45, 2.75) is 38.2 Å². The van der Waals surface area contributed by atoms with Gasteiger partial charge in [0.15, 0.2) is 5.78 Å². The molecule has 3 nitrogen and oxygen atoms in total. The van der Waals surface area contributed by atoms with E-state index in [1.54, 1.807) is 0 Å². The Labute approximate surface area is 107 Å². The Morgan fingerprint density at radius 1 is 1.28 bits per heavy atom. The number of carbonyl (C=O) groups excluding carboxylic acids is 1. The minimum absolute atomic E-state index is 0.230. The van der Waals surface area contributed by atoms with Crippen LogP contribution >= 0.6 is 0 Å². The van der Waals surface area contributed by atoms with Gasteiger partial charge in [0, 0.05) is 18.6 Å². The molecule has 0 saturated carbocycles. The van der Waals surface area contributed by atoms with Crippen molar-refractivity contribution in [1.29, 1.82) is 0 Å². The van der Waals surface area contributed by atoms with Gasteiger partial charge in [-0.25, -0.2) is 0 Å². The number of ketones is 1. The van der Waals surface area contributed by atoms with Gasteiger partial charge in [0.05, 0.1) is 6.10 Å². The molecular weight excluding hydrogens is 228 g/mol. The Balaban J connectivity index is 1.61. The van der Waals surface area contributed by atoms with Crippen molar-refractivity contribution in [3.63, 3.8) is 0 Å². The van der Waals surface area contributed by atoms with Crippen molar-refractivity contribution < 1.29 is 14.3 Å². The molecule has 0 radical (unpaired) electrons. The zero-order valence-electron chi connectivity index (χ0n) is 10.5. The molecule has 18 heavy (non-hydrogen) atoms. The first kappa shape index (κ1) is 11.7. The van der Waals surface area contributed by atoms with Crippen LogP contribution in [0.1, 0.15) is 41.6 Å². The van der Waals surface area contributed by atoms with Gasteiger partial charge in [0.2, 0.25) is 0 Å². The van der Waals surface area contributed by atoms with E-state index in [0.29, 0.717) is 13.0 Å². The van der Waals surface area contributed by atoms with Crippen LogP contribution in [0.4, 0.5) is 0 Å². The van der Waals surface area contributed by atoms with Crippen molar-refractivity contribution in [3.05, 3.63) is 29.3 Å². The first-order chi connectivity index (χ1) is 8.83. The highest BCUT2D eigenvalue weighted by molar-refractivity contribution is 6.00. The van der Waals surface area contributed by atoms with Gasteiger partial charge in [0.25, 0.3) is 0 Å². The van der Waals surface area contributed by atoms with Gasteiger partial charge in [-0.1, -0.05) is 0 Å². The molecule has 0 N–H and O–H groups in total. The van der Waals surface area contributed by atoms with E-state index in [1.807, 2.05) is 18.2 Å². The van der Waals surface area contributed by atoms with Gasteiger partial charge in [0.1, 0.15) is 12.4 Å². The molecule has 1 atom stereocenters. The summed E-state index contributed by atoms with van der Waals surface area (Å²) in [5.41, 5.74) is 2.00. The van der Waals surface area contributed by atoms with Gasteiger partial charge in [-0.2, -0.15) is 0 Å². The van der Waals surface area contributed by atoms with Crippen LogP contribution in [-0.2, 0) is 11.2 Å². The van der Waals surface area contributed by atoms with Gasteiger partial charge >= 0.3 is 0 Å². The van der Waals surface area contributed by atoms with Gasteiger partial charge in [-0.15, -0.1) is 0 Å². The van der Waals surface area contributed by atoms with Crippen LogP contribution in [0.2, 0.25) is 0 Å². The van der Waals surface area contributed by atoms with Crippen LogP contribution in [0.3, 0.4) is 0 Å². The molecule has 1 fully saturated rings. The molecule has 1 heterocycles. The largest absolute Gasteiger partial charge is 0.491 e. The topological polar surface area (TPSA) is 35.5 Å². The Bertz CT molecular complexity index is 447. The van der Waals surface area contributed by atoms with Crippen LogP contribution in [0, 0.1) is 0 Å². The van der Waals surface area contributed by atoms with Crippen LogP contribution in [-0.4, -0.2) is 25.1 Å². The number of hydrogen-bond donors (Lipinski definition) is 0. The first-order valence-electron chi connectivity index (χ1n) is 6.73. The Morgan fingerprint density at radius 3 is 3.06 bits per heavy atom. The van der Waals surface area contributed by atoms with Gasteiger partial charge in [-0.05, 0) is 49.4 Å². The number of aryl methyl sites for hydroxylation is 1. The third-order valence-electron chi connectivity index (χ3n) is 3.71. The Kier molecular flexibility index (Phi) is 3.33. The van der Waals surface area contributed by atoms with E-state index in [9.17, 15) is 4.79 Å². The van der Waals surface area contributed by atoms with Crippen molar-refractivity contribution in [2.24, 2.45) is 0 Å². The maximum atomic E-state index is 11.5. The zero-order chi connectivity index (χ0) is 12.4. The minimum Gasteiger partial charge on any atom is -0.491 e. The highest BCUT2D eigenvalue weighted by atomic mass is 16.5. The van der Waals surface area contributed by atoms with E-state index in [-0.39, 0.29) is 11.9 Å². The summed E-state index contributed by atoms with van der Waals surface area (Å²) in [5.74, 6) is 1.12. The average Bonchev–Trinajstić information content (AvgIpc) is 2.79. The molecular formula is C15H18O3. The molecule has 3 rings (SSSR count). The van der Waals surface area contributed by atoms with Crippen LogP contribution < -0.4 is 4.74 Å². The molecule has 0 spiro atoms. The molecule has 0 amide bonds. The van der Waals surface area contributed by atoms with Crippen LogP contribution in [0.25, 0.3) is 0 Å². The summed E-state index contributed by atoms with van der Waals surface area (Å²) in [6.07, 6.45) is 5.21. The molecule has 96 valence electrons. The highest BCUT2D eigenvalue weighted by Gasteiger charge is 2.20. The standard InChI is InChI=1S/C15H18O3/c16-15-7-4-11-9-12(5-6-14(11)15)18-10-13-3-1-2-8-17-13/h5-6,9,13H,1-4,7-8,10H2. The summed E-state index contributed by atoms with van der Waals surface area (Å²) in [6.45, 7) is 1.47. The van der Waals surface area contributed by atoms with E-state index < -0.39 is 0 Å². The van der Waals surface area contributed by atoms with E-state index in [4.69, 9.17) is 9.47 Å². The number of Topliss-reactive ketones (excluding diaryl/α,β-unsaturated/α-hetero) is 1. The second-order valence-electron chi connectivity index (χ2n) is 5.04. The van der Waals surface area contributed by atoms with Crippen molar-refractivity contribution in [3.8, 4) is 5.75 Å². The number of rotatable bonds is 3. The third kappa shape index (κ3) is 2.41. The lowest BCUT2D eigenvalue weighted by Crippen LogP contribution is -2.25. The molecule has 1 aromatic carbocycles. The molecule has 1 saturated heterocycles. The fourth-order valence-corrected chi connectivity index (χ4v) is 2.65. The molecule has 1 unspecified atom stereocenters. The van der Waals surface area contributed by atoms with E-state index >= 15 is 0 Å². The summed E-state index contributed by atoms with van der Waals surface area (Å²) in [7, 11) is 0. The summed E-state index contributed by atoms with van der Waals surface area (Å²) in [4.78, 5) is 11.5. The highest BCUT2D eigenvalue weighted by Crippen LogP contribution is 2.26. The molecule has 2 aliphatic rings.